The van der Waals surface area contributed by atoms with Crippen LogP contribution in [0.1, 0.15) is 25.0 Å². The number of nitrogens with zero attached hydrogens (tertiary/aromatic N) is 2. The van der Waals surface area contributed by atoms with Gasteiger partial charge in [0.1, 0.15) is 17.9 Å². The molecule has 0 unspecified atom stereocenters. The van der Waals surface area contributed by atoms with Crippen LogP contribution in [0.25, 0.3) is 10.8 Å². The van der Waals surface area contributed by atoms with E-state index in [-0.39, 0.29) is 25.5 Å². The van der Waals surface area contributed by atoms with E-state index in [2.05, 4.69) is 10.6 Å². The van der Waals surface area contributed by atoms with Gasteiger partial charge >= 0.3 is 6.03 Å². The molecular weight excluding hydrogens is 463 g/mol. The van der Waals surface area contributed by atoms with Crippen molar-refractivity contribution >= 4 is 34.5 Å². The molecule has 36 heavy (non-hydrogen) atoms. The minimum atomic E-state index is -1.33. The minimum absolute atomic E-state index is 0.182. The maximum absolute atomic E-state index is 13.4. The van der Waals surface area contributed by atoms with E-state index in [4.69, 9.17) is 0 Å². The van der Waals surface area contributed by atoms with Gasteiger partial charge in [-0.1, -0.05) is 54.6 Å². The number of urea groups is 1. The zero-order valence-corrected chi connectivity index (χ0v) is 20.1. The predicted molar refractivity (Wildman–Crippen MR) is 132 cm³/mol. The van der Waals surface area contributed by atoms with Crippen LogP contribution < -0.4 is 10.6 Å². The number of amides is 5. The smallest absolute Gasteiger partial charge is 0.325 e. The molecule has 3 aromatic carbocycles. The summed E-state index contributed by atoms with van der Waals surface area (Å²) < 4.78 is 13.0. The average molecular weight is 491 g/mol. The summed E-state index contributed by atoms with van der Waals surface area (Å²) in [6.07, 6.45) is 0. The van der Waals surface area contributed by atoms with E-state index in [0.717, 1.165) is 15.7 Å². The van der Waals surface area contributed by atoms with E-state index in [1.165, 1.54) is 17.0 Å². The summed E-state index contributed by atoms with van der Waals surface area (Å²) in [5, 5.41) is 7.19. The number of imide groups is 1. The summed E-state index contributed by atoms with van der Waals surface area (Å²) in [6, 6.07) is 18.1. The van der Waals surface area contributed by atoms with Crippen LogP contribution in [0.4, 0.5) is 9.18 Å². The van der Waals surface area contributed by atoms with E-state index >= 15 is 0 Å². The molecule has 1 atom stereocenters. The molecule has 5 amide bonds. The van der Waals surface area contributed by atoms with E-state index in [1.54, 1.807) is 32.0 Å². The third kappa shape index (κ3) is 4.91. The van der Waals surface area contributed by atoms with Crippen LogP contribution in [0.2, 0.25) is 0 Å². The number of hydrogen-bond donors (Lipinski definition) is 2. The van der Waals surface area contributed by atoms with Gasteiger partial charge in [0, 0.05) is 13.1 Å². The van der Waals surface area contributed by atoms with Crippen LogP contribution in [0, 0.1) is 5.82 Å². The molecule has 0 spiro atoms. The van der Waals surface area contributed by atoms with Crippen LogP contribution in [0.15, 0.2) is 66.7 Å². The number of hydrogen-bond acceptors (Lipinski definition) is 4. The number of likely N-dealkylation sites (N-methyl/N-ethyl adjacent to an activating group) is 1. The summed E-state index contributed by atoms with van der Waals surface area (Å²) in [5.74, 6) is -1.84. The quantitative estimate of drug-likeness (QED) is 0.475. The van der Waals surface area contributed by atoms with E-state index in [9.17, 15) is 23.6 Å². The number of carbonyl (C=O) groups excluding carboxylic acids is 4. The topological polar surface area (TPSA) is 98.8 Å². The van der Waals surface area contributed by atoms with Crippen molar-refractivity contribution in [2.45, 2.75) is 25.9 Å². The zero-order valence-electron chi connectivity index (χ0n) is 20.1. The lowest BCUT2D eigenvalue weighted by Crippen LogP contribution is -2.47. The number of rotatable bonds is 8. The highest BCUT2D eigenvalue weighted by atomic mass is 19.1. The Kier molecular flexibility index (Phi) is 7.00. The molecule has 0 aromatic heterocycles. The Bertz CT molecular complexity index is 1320. The lowest BCUT2D eigenvalue weighted by Gasteiger charge is -2.25. The maximum atomic E-state index is 13.4. The second kappa shape index (κ2) is 10.2. The third-order valence-corrected chi connectivity index (χ3v) is 6.37. The number of halogens is 1. The van der Waals surface area contributed by atoms with Crippen molar-refractivity contribution in [3.63, 3.8) is 0 Å². The van der Waals surface area contributed by atoms with Gasteiger partial charge in [0.25, 0.3) is 5.91 Å². The molecule has 1 fully saturated rings. The first-order valence-electron chi connectivity index (χ1n) is 11.6. The van der Waals surface area contributed by atoms with Gasteiger partial charge in [0.2, 0.25) is 11.8 Å². The number of fused-ring (bicyclic) bond motifs is 1. The van der Waals surface area contributed by atoms with Crippen molar-refractivity contribution in [2.24, 2.45) is 0 Å². The highest BCUT2D eigenvalue weighted by Crippen LogP contribution is 2.33. The van der Waals surface area contributed by atoms with Gasteiger partial charge in [-0.3, -0.25) is 19.3 Å². The van der Waals surface area contributed by atoms with Crippen LogP contribution in [0.3, 0.4) is 0 Å². The SMILES string of the molecule is CCN(CC(=O)NCc1ccc(F)cc1)C(=O)CN1C(=O)N[C@](C)(c2cccc3ccccc23)C1=O. The average Bonchev–Trinajstić information content (AvgIpc) is 3.10. The van der Waals surface area contributed by atoms with E-state index in [0.29, 0.717) is 11.1 Å². The summed E-state index contributed by atoms with van der Waals surface area (Å²) >= 11 is 0. The maximum Gasteiger partial charge on any atom is 0.325 e. The first-order valence-corrected chi connectivity index (χ1v) is 11.6. The van der Waals surface area contributed by atoms with Crippen molar-refractivity contribution in [3.05, 3.63) is 83.7 Å². The Hall–Kier alpha value is -4.27. The fourth-order valence-corrected chi connectivity index (χ4v) is 4.33. The number of nitrogens with one attached hydrogen (secondary N) is 2. The lowest BCUT2D eigenvalue weighted by atomic mass is 9.88. The summed E-state index contributed by atoms with van der Waals surface area (Å²) in [5.41, 5.74) is 0.0227. The summed E-state index contributed by atoms with van der Waals surface area (Å²) in [4.78, 5) is 53.7. The Morgan fingerprint density at radius 1 is 1.03 bits per heavy atom. The van der Waals surface area contributed by atoms with E-state index < -0.39 is 35.8 Å². The Morgan fingerprint density at radius 2 is 1.72 bits per heavy atom. The second-order valence-electron chi connectivity index (χ2n) is 8.78. The molecule has 8 nitrogen and oxygen atoms in total. The number of carbonyl (C=O) groups is 4. The zero-order chi connectivity index (χ0) is 25.9. The molecule has 0 radical (unpaired) electrons. The molecule has 0 aliphatic carbocycles. The lowest BCUT2D eigenvalue weighted by molar-refractivity contribution is -0.140. The highest BCUT2D eigenvalue weighted by Gasteiger charge is 2.50. The molecule has 0 saturated carbocycles. The summed E-state index contributed by atoms with van der Waals surface area (Å²) in [6.45, 7) is 3.01. The molecule has 186 valence electrons. The van der Waals surface area contributed by atoms with Gasteiger partial charge in [-0.2, -0.15) is 0 Å². The van der Waals surface area contributed by atoms with Crippen molar-refractivity contribution in [1.82, 2.24) is 20.4 Å². The van der Waals surface area contributed by atoms with Crippen molar-refractivity contribution in [3.8, 4) is 0 Å². The van der Waals surface area contributed by atoms with Crippen LogP contribution in [-0.4, -0.2) is 53.2 Å². The molecule has 1 aliphatic rings. The van der Waals surface area contributed by atoms with E-state index in [1.807, 2.05) is 36.4 Å². The van der Waals surface area contributed by atoms with Crippen molar-refractivity contribution < 1.29 is 23.6 Å². The minimum Gasteiger partial charge on any atom is -0.350 e. The Balaban J connectivity index is 1.42. The Labute approximate surface area is 208 Å². The molecule has 1 heterocycles. The number of benzene rings is 3. The fourth-order valence-electron chi connectivity index (χ4n) is 4.33. The van der Waals surface area contributed by atoms with Crippen molar-refractivity contribution in [1.29, 1.82) is 0 Å². The molecular formula is C27H27FN4O4. The van der Waals surface area contributed by atoms with Gasteiger partial charge in [-0.25, -0.2) is 9.18 Å². The van der Waals surface area contributed by atoms with Gasteiger partial charge in [0.05, 0.1) is 6.54 Å². The largest absolute Gasteiger partial charge is 0.350 e. The third-order valence-electron chi connectivity index (χ3n) is 6.37. The molecule has 1 aliphatic heterocycles. The molecule has 1 saturated heterocycles. The Morgan fingerprint density at radius 3 is 2.44 bits per heavy atom. The predicted octanol–water partition coefficient (Wildman–Crippen LogP) is 2.91. The summed E-state index contributed by atoms with van der Waals surface area (Å²) in [7, 11) is 0. The molecule has 4 rings (SSSR count). The van der Waals surface area contributed by atoms with Crippen LogP contribution >= 0.6 is 0 Å². The van der Waals surface area contributed by atoms with Gasteiger partial charge in [-0.15, -0.1) is 0 Å². The standard InChI is InChI=1S/C27H27FN4O4/c1-3-31(16-23(33)29-15-18-11-13-20(28)14-12-18)24(34)17-32-25(35)27(2,30-26(32)36)22-10-6-8-19-7-4-5-9-21(19)22/h4-14H,3,15-17H2,1-2H3,(H,29,33)(H,30,36)/t27-/m1/s1. The fraction of sp³-hybridized carbons (Fsp3) is 0.259. The molecule has 9 heteroatoms. The highest BCUT2D eigenvalue weighted by molar-refractivity contribution is 6.11. The first-order chi connectivity index (χ1) is 17.2. The molecule has 2 N–H and O–H groups in total. The first kappa shape index (κ1) is 24.8. The second-order valence-corrected chi connectivity index (χ2v) is 8.78. The normalized spacial score (nSPS) is 17.2. The molecule has 0 bridgehead atoms. The van der Waals surface area contributed by atoms with Crippen molar-refractivity contribution in [2.75, 3.05) is 19.6 Å². The van der Waals surface area contributed by atoms with Gasteiger partial charge < -0.3 is 15.5 Å². The monoisotopic (exact) mass is 490 g/mol. The van der Waals surface area contributed by atoms with Crippen LogP contribution in [0.5, 0.6) is 0 Å². The van der Waals surface area contributed by atoms with Gasteiger partial charge in [-0.05, 0) is 47.9 Å². The molecule has 3 aromatic rings. The van der Waals surface area contributed by atoms with Crippen LogP contribution in [-0.2, 0) is 26.5 Å². The van der Waals surface area contributed by atoms with Gasteiger partial charge in [0.15, 0.2) is 0 Å².